The molecule has 1 aromatic rings. The van der Waals surface area contributed by atoms with Crippen LogP contribution in [0.1, 0.15) is 37.6 Å². The number of nitrogens with zero attached hydrogens (tertiary/aromatic N) is 1. The third-order valence-electron chi connectivity index (χ3n) is 2.26. The van der Waals surface area contributed by atoms with Crippen molar-refractivity contribution in [3.63, 3.8) is 0 Å². The first-order chi connectivity index (χ1) is 7.88. The van der Waals surface area contributed by atoms with Gasteiger partial charge in [-0.05, 0) is 24.0 Å². The van der Waals surface area contributed by atoms with E-state index in [1.807, 2.05) is 0 Å². The molecule has 0 spiro atoms. The van der Waals surface area contributed by atoms with Crippen molar-refractivity contribution in [2.24, 2.45) is 5.41 Å². The van der Waals surface area contributed by atoms with E-state index in [9.17, 15) is 4.79 Å². The highest BCUT2D eigenvalue weighted by atomic mass is 79.9. The van der Waals surface area contributed by atoms with Crippen LogP contribution in [0, 0.1) is 5.41 Å². The molecule has 0 aliphatic rings. The summed E-state index contributed by atoms with van der Waals surface area (Å²) < 4.78 is 0. The van der Waals surface area contributed by atoms with Crippen molar-refractivity contribution >= 4 is 21.8 Å². The lowest BCUT2D eigenvalue weighted by Crippen LogP contribution is -2.31. The van der Waals surface area contributed by atoms with Gasteiger partial charge in [0.25, 0.3) is 5.91 Å². The number of carbonyl (C=O) groups is 1. The lowest BCUT2D eigenvalue weighted by atomic mass is 9.90. The Hall–Kier alpha value is -0.900. The summed E-state index contributed by atoms with van der Waals surface area (Å²) in [6, 6.07) is 3.42. The molecule has 94 valence electrons. The van der Waals surface area contributed by atoms with Crippen molar-refractivity contribution < 1.29 is 4.79 Å². The van der Waals surface area contributed by atoms with E-state index in [-0.39, 0.29) is 11.3 Å². The Bertz CT molecular complexity index is 359. The molecule has 1 atom stereocenters. The third-order valence-corrected chi connectivity index (χ3v) is 2.91. The number of carbonyl (C=O) groups excluding carboxylic acids is 1. The normalized spacial score (nSPS) is 13.2. The number of nitrogens with one attached hydrogen (secondary N) is 1. The van der Waals surface area contributed by atoms with Gasteiger partial charge < -0.3 is 5.32 Å². The average molecular weight is 299 g/mol. The molecule has 0 aromatic carbocycles. The van der Waals surface area contributed by atoms with Crippen LogP contribution in [0.3, 0.4) is 0 Å². The maximum Gasteiger partial charge on any atom is 0.251 e. The Labute approximate surface area is 111 Å². The Balaban J connectivity index is 2.39. The van der Waals surface area contributed by atoms with Crippen molar-refractivity contribution in [2.75, 3.05) is 6.54 Å². The molecule has 1 unspecified atom stereocenters. The molecule has 1 N–H and O–H groups in total. The maximum absolute atomic E-state index is 11.8. The first kappa shape index (κ1) is 14.2. The van der Waals surface area contributed by atoms with E-state index >= 15 is 0 Å². The lowest BCUT2D eigenvalue weighted by molar-refractivity contribution is 0.0952. The fourth-order valence-corrected chi connectivity index (χ4v) is 2.68. The minimum Gasteiger partial charge on any atom is -0.351 e. The van der Waals surface area contributed by atoms with Crippen molar-refractivity contribution in [1.82, 2.24) is 10.3 Å². The molecule has 0 fully saturated rings. The maximum atomic E-state index is 11.8. The quantitative estimate of drug-likeness (QED) is 0.868. The summed E-state index contributed by atoms with van der Waals surface area (Å²) in [6.07, 6.45) is 4.26. The molecule has 0 saturated carbocycles. The standard InChI is InChI=1S/C13H19BrN2O/c1-13(2,3)8-11(14)9-16-12(17)10-4-6-15-7-5-10/h4-7,11H,8-9H2,1-3H3,(H,16,17). The molecule has 0 bridgehead atoms. The molecule has 1 amide bonds. The van der Waals surface area contributed by atoms with Gasteiger partial charge in [0, 0.05) is 29.3 Å². The fraction of sp³-hybridized carbons (Fsp3) is 0.538. The van der Waals surface area contributed by atoms with E-state index in [4.69, 9.17) is 0 Å². The molecule has 0 aliphatic heterocycles. The highest BCUT2D eigenvalue weighted by molar-refractivity contribution is 9.09. The number of hydrogen-bond acceptors (Lipinski definition) is 2. The largest absolute Gasteiger partial charge is 0.351 e. The van der Waals surface area contributed by atoms with Crippen LogP contribution in [-0.2, 0) is 0 Å². The Morgan fingerprint density at radius 2 is 2.00 bits per heavy atom. The van der Waals surface area contributed by atoms with Crippen molar-refractivity contribution in [3.05, 3.63) is 30.1 Å². The van der Waals surface area contributed by atoms with E-state index in [2.05, 4.69) is 47.0 Å². The molecule has 4 heteroatoms. The molecule has 1 heterocycles. The van der Waals surface area contributed by atoms with Gasteiger partial charge in [-0.1, -0.05) is 36.7 Å². The summed E-state index contributed by atoms with van der Waals surface area (Å²) in [5, 5.41) is 2.91. The topological polar surface area (TPSA) is 42.0 Å². The smallest absolute Gasteiger partial charge is 0.251 e. The third kappa shape index (κ3) is 5.82. The van der Waals surface area contributed by atoms with Crippen LogP contribution in [0.2, 0.25) is 0 Å². The van der Waals surface area contributed by atoms with E-state index in [1.54, 1.807) is 24.5 Å². The van der Waals surface area contributed by atoms with Crippen LogP contribution < -0.4 is 5.32 Å². The number of amides is 1. The summed E-state index contributed by atoms with van der Waals surface area (Å²) in [6.45, 7) is 7.20. The van der Waals surface area contributed by atoms with Gasteiger partial charge in [-0.2, -0.15) is 0 Å². The predicted octanol–water partition coefficient (Wildman–Crippen LogP) is 3.01. The summed E-state index contributed by atoms with van der Waals surface area (Å²) in [5.74, 6) is -0.0502. The lowest BCUT2D eigenvalue weighted by Gasteiger charge is -2.22. The summed E-state index contributed by atoms with van der Waals surface area (Å²) in [5.41, 5.74) is 0.908. The Morgan fingerprint density at radius 3 is 2.53 bits per heavy atom. The molecular formula is C13H19BrN2O. The molecule has 0 radical (unpaired) electrons. The monoisotopic (exact) mass is 298 g/mol. The van der Waals surface area contributed by atoms with Gasteiger partial charge in [-0.3, -0.25) is 9.78 Å². The molecule has 17 heavy (non-hydrogen) atoms. The van der Waals surface area contributed by atoms with Crippen molar-refractivity contribution in [3.8, 4) is 0 Å². The zero-order valence-electron chi connectivity index (χ0n) is 10.5. The van der Waals surface area contributed by atoms with E-state index in [0.717, 1.165) is 6.42 Å². The van der Waals surface area contributed by atoms with Crippen molar-refractivity contribution in [1.29, 1.82) is 0 Å². The Kier molecular flexibility index (Phi) is 5.12. The zero-order valence-corrected chi connectivity index (χ0v) is 12.1. The van der Waals surface area contributed by atoms with Gasteiger partial charge in [0.05, 0.1) is 0 Å². The molecular weight excluding hydrogens is 280 g/mol. The molecule has 3 nitrogen and oxygen atoms in total. The predicted molar refractivity (Wildman–Crippen MR) is 73.4 cm³/mol. The van der Waals surface area contributed by atoms with Gasteiger partial charge >= 0.3 is 0 Å². The highest BCUT2D eigenvalue weighted by Crippen LogP contribution is 2.24. The number of alkyl halides is 1. The highest BCUT2D eigenvalue weighted by Gasteiger charge is 2.17. The Morgan fingerprint density at radius 1 is 1.41 bits per heavy atom. The number of halogens is 1. The minimum absolute atomic E-state index is 0.0502. The van der Waals surface area contributed by atoms with Crippen LogP contribution in [0.5, 0.6) is 0 Å². The van der Waals surface area contributed by atoms with Gasteiger partial charge in [-0.15, -0.1) is 0 Å². The van der Waals surface area contributed by atoms with Gasteiger partial charge in [-0.25, -0.2) is 0 Å². The van der Waals surface area contributed by atoms with Crippen LogP contribution >= 0.6 is 15.9 Å². The first-order valence-corrected chi connectivity index (χ1v) is 6.62. The van der Waals surface area contributed by atoms with Crippen LogP contribution in [0.25, 0.3) is 0 Å². The second kappa shape index (κ2) is 6.15. The van der Waals surface area contributed by atoms with Gasteiger partial charge in [0.15, 0.2) is 0 Å². The summed E-state index contributed by atoms with van der Waals surface area (Å²) >= 11 is 3.59. The summed E-state index contributed by atoms with van der Waals surface area (Å²) in [4.78, 5) is 15.9. The van der Waals surface area contributed by atoms with Crippen LogP contribution in [-0.4, -0.2) is 22.3 Å². The fourth-order valence-electron chi connectivity index (χ4n) is 1.55. The number of pyridine rings is 1. The first-order valence-electron chi connectivity index (χ1n) is 5.71. The van der Waals surface area contributed by atoms with Gasteiger partial charge in [0.1, 0.15) is 0 Å². The van der Waals surface area contributed by atoms with Crippen LogP contribution in [0.4, 0.5) is 0 Å². The minimum atomic E-state index is -0.0502. The van der Waals surface area contributed by atoms with E-state index in [0.29, 0.717) is 16.9 Å². The average Bonchev–Trinajstić information content (AvgIpc) is 2.25. The SMILES string of the molecule is CC(C)(C)CC(Br)CNC(=O)c1ccncc1. The molecule has 1 rings (SSSR count). The zero-order chi connectivity index (χ0) is 12.9. The number of hydrogen-bond donors (Lipinski definition) is 1. The number of aromatic nitrogens is 1. The second-order valence-electron chi connectivity index (χ2n) is 5.31. The molecule has 0 saturated heterocycles. The summed E-state index contributed by atoms with van der Waals surface area (Å²) in [7, 11) is 0. The van der Waals surface area contributed by atoms with E-state index < -0.39 is 0 Å². The molecule has 0 aliphatic carbocycles. The van der Waals surface area contributed by atoms with Crippen molar-refractivity contribution in [2.45, 2.75) is 32.0 Å². The van der Waals surface area contributed by atoms with E-state index in [1.165, 1.54) is 0 Å². The van der Waals surface area contributed by atoms with Crippen LogP contribution in [0.15, 0.2) is 24.5 Å². The second-order valence-corrected chi connectivity index (χ2v) is 6.60. The number of rotatable bonds is 4. The molecule has 1 aromatic heterocycles. The van der Waals surface area contributed by atoms with Gasteiger partial charge in [0.2, 0.25) is 0 Å².